The van der Waals surface area contributed by atoms with Gasteiger partial charge in [0.25, 0.3) is 5.91 Å². The minimum Gasteiger partial charge on any atom is -0.494 e. The van der Waals surface area contributed by atoms with E-state index in [1.807, 2.05) is 66.9 Å². The molecule has 0 fully saturated rings. The number of nitrogens with one attached hydrogen (secondary N) is 1. The van der Waals surface area contributed by atoms with Gasteiger partial charge in [0.1, 0.15) is 5.75 Å². The molecule has 2 aromatic heterocycles. The maximum atomic E-state index is 12.9. The van der Waals surface area contributed by atoms with Crippen LogP contribution in [0.4, 0.5) is 5.13 Å². The van der Waals surface area contributed by atoms with E-state index in [2.05, 4.69) is 10.3 Å². The first-order valence-electron chi connectivity index (χ1n) is 8.58. The van der Waals surface area contributed by atoms with Crippen molar-refractivity contribution in [2.75, 3.05) is 11.9 Å². The Morgan fingerprint density at radius 3 is 2.70 bits per heavy atom. The summed E-state index contributed by atoms with van der Waals surface area (Å²) in [7, 11) is 0. The van der Waals surface area contributed by atoms with Crippen LogP contribution < -0.4 is 10.1 Å². The summed E-state index contributed by atoms with van der Waals surface area (Å²) >= 11 is 1.39. The van der Waals surface area contributed by atoms with Crippen molar-refractivity contribution in [2.24, 2.45) is 0 Å². The second-order valence-corrected chi connectivity index (χ2v) is 6.72. The standard InChI is InChI=1S/C21H17N3O2S/c1-2-26-15-9-7-14(8-10-15)19-13-17(16-5-3-4-6-18(16)23-19)20(25)24-21-22-11-12-27-21/h3-13H,2H2,1H3,(H,22,24,25). The second-order valence-electron chi connectivity index (χ2n) is 5.82. The lowest BCUT2D eigenvalue weighted by atomic mass is 10.0. The summed E-state index contributed by atoms with van der Waals surface area (Å²) in [4.78, 5) is 21.7. The number of nitrogens with zero attached hydrogens (tertiary/aromatic N) is 2. The lowest BCUT2D eigenvalue weighted by Crippen LogP contribution is -2.12. The quantitative estimate of drug-likeness (QED) is 0.533. The predicted octanol–water partition coefficient (Wildman–Crippen LogP) is 5.01. The van der Waals surface area contributed by atoms with Crippen molar-refractivity contribution in [2.45, 2.75) is 6.92 Å². The smallest absolute Gasteiger partial charge is 0.258 e. The molecular weight excluding hydrogens is 358 g/mol. The van der Waals surface area contributed by atoms with E-state index in [0.29, 0.717) is 17.3 Å². The Morgan fingerprint density at radius 2 is 1.96 bits per heavy atom. The molecule has 1 N–H and O–H groups in total. The van der Waals surface area contributed by atoms with Crippen molar-refractivity contribution in [1.82, 2.24) is 9.97 Å². The molecule has 0 aliphatic carbocycles. The second kappa shape index (κ2) is 7.55. The van der Waals surface area contributed by atoms with E-state index in [-0.39, 0.29) is 5.91 Å². The molecule has 0 saturated carbocycles. The number of hydrogen-bond acceptors (Lipinski definition) is 5. The average Bonchev–Trinajstić information content (AvgIpc) is 3.21. The number of carbonyl (C=O) groups is 1. The zero-order valence-corrected chi connectivity index (χ0v) is 15.5. The van der Waals surface area contributed by atoms with Crippen LogP contribution in [0.25, 0.3) is 22.2 Å². The van der Waals surface area contributed by atoms with Gasteiger partial charge < -0.3 is 4.74 Å². The van der Waals surface area contributed by atoms with Crippen LogP contribution in [0, 0.1) is 0 Å². The maximum absolute atomic E-state index is 12.9. The fourth-order valence-electron chi connectivity index (χ4n) is 2.85. The number of fused-ring (bicyclic) bond motifs is 1. The van der Waals surface area contributed by atoms with Gasteiger partial charge in [0, 0.05) is 22.5 Å². The number of ether oxygens (including phenoxy) is 1. The summed E-state index contributed by atoms with van der Waals surface area (Å²) in [5, 5.41) is 6.06. The summed E-state index contributed by atoms with van der Waals surface area (Å²) < 4.78 is 5.50. The average molecular weight is 375 g/mol. The fourth-order valence-corrected chi connectivity index (χ4v) is 3.37. The summed E-state index contributed by atoms with van der Waals surface area (Å²) in [6, 6.07) is 17.2. The van der Waals surface area contributed by atoms with Gasteiger partial charge in [-0.3, -0.25) is 10.1 Å². The number of anilines is 1. The van der Waals surface area contributed by atoms with E-state index < -0.39 is 0 Å². The van der Waals surface area contributed by atoms with Crippen molar-refractivity contribution in [3.05, 3.63) is 71.7 Å². The summed E-state index contributed by atoms with van der Waals surface area (Å²) in [6.07, 6.45) is 1.66. The lowest BCUT2D eigenvalue weighted by molar-refractivity contribution is 0.102. The molecular formula is C21H17N3O2S. The van der Waals surface area contributed by atoms with E-state index in [4.69, 9.17) is 9.72 Å². The molecule has 4 rings (SSSR count). The number of amides is 1. The molecule has 134 valence electrons. The van der Waals surface area contributed by atoms with Crippen molar-refractivity contribution < 1.29 is 9.53 Å². The zero-order chi connectivity index (χ0) is 18.6. The van der Waals surface area contributed by atoms with E-state index in [9.17, 15) is 4.79 Å². The van der Waals surface area contributed by atoms with Crippen LogP contribution >= 0.6 is 11.3 Å². The van der Waals surface area contributed by atoms with Crippen LogP contribution in [0.3, 0.4) is 0 Å². The normalized spacial score (nSPS) is 10.7. The minimum atomic E-state index is -0.198. The van der Waals surface area contributed by atoms with Gasteiger partial charge in [-0.15, -0.1) is 11.3 Å². The van der Waals surface area contributed by atoms with Gasteiger partial charge in [-0.1, -0.05) is 18.2 Å². The highest BCUT2D eigenvalue weighted by Gasteiger charge is 2.15. The Labute approximate surface area is 160 Å². The van der Waals surface area contributed by atoms with Gasteiger partial charge in [0.05, 0.1) is 23.4 Å². The molecule has 0 aliphatic rings. The topological polar surface area (TPSA) is 64.1 Å². The molecule has 0 spiro atoms. The first-order chi connectivity index (χ1) is 13.2. The molecule has 6 heteroatoms. The third-order valence-electron chi connectivity index (χ3n) is 4.07. The van der Waals surface area contributed by atoms with Gasteiger partial charge >= 0.3 is 0 Å². The molecule has 27 heavy (non-hydrogen) atoms. The molecule has 0 saturated heterocycles. The lowest BCUT2D eigenvalue weighted by Gasteiger charge is -2.10. The van der Waals surface area contributed by atoms with Crippen LogP contribution in [0.2, 0.25) is 0 Å². The van der Waals surface area contributed by atoms with Crippen LogP contribution in [0.15, 0.2) is 66.2 Å². The van der Waals surface area contributed by atoms with Crippen LogP contribution in [-0.4, -0.2) is 22.5 Å². The Hall–Kier alpha value is -3.25. The van der Waals surface area contributed by atoms with Crippen molar-refractivity contribution in [3.63, 3.8) is 0 Å². The molecule has 0 atom stereocenters. The third-order valence-corrected chi connectivity index (χ3v) is 4.76. The molecule has 1 amide bonds. The molecule has 4 aromatic rings. The fraction of sp³-hybridized carbons (Fsp3) is 0.0952. The number of para-hydroxylation sites is 1. The molecule has 2 aromatic carbocycles. The van der Waals surface area contributed by atoms with E-state index in [1.165, 1.54) is 11.3 Å². The van der Waals surface area contributed by atoms with Gasteiger partial charge in [0.15, 0.2) is 5.13 Å². The van der Waals surface area contributed by atoms with Gasteiger partial charge in [0.2, 0.25) is 0 Å². The number of thiazole rings is 1. The summed E-state index contributed by atoms with van der Waals surface area (Å²) in [5.41, 5.74) is 3.00. The Kier molecular flexibility index (Phi) is 4.80. The van der Waals surface area contributed by atoms with Crippen molar-refractivity contribution >= 4 is 33.3 Å². The number of carbonyl (C=O) groups excluding carboxylic acids is 1. The predicted molar refractivity (Wildman–Crippen MR) is 108 cm³/mol. The molecule has 0 bridgehead atoms. The van der Waals surface area contributed by atoms with E-state index in [1.54, 1.807) is 6.20 Å². The van der Waals surface area contributed by atoms with E-state index >= 15 is 0 Å². The zero-order valence-electron chi connectivity index (χ0n) is 14.7. The van der Waals surface area contributed by atoms with Crippen LogP contribution in [0.5, 0.6) is 5.75 Å². The van der Waals surface area contributed by atoms with Gasteiger partial charge in [-0.2, -0.15) is 0 Å². The van der Waals surface area contributed by atoms with Crippen molar-refractivity contribution in [1.29, 1.82) is 0 Å². The first-order valence-corrected chi connectivity index (χ1v) is 9.46. The van der Waals surface area contributed by atoms with Gasteiger partial charge in [-0.25, -0.2) is 9.97 Å². The minimum absolute atomic E-state index is 0.198. The maximum Gasteiger partial charge on any atom is 0.258 e. The number of pyridine rings is 1. The number of aromatic nitrogens is 2. The Morgan fingerprint density at radius 1 is 1.15 bits per heavy atom. The van der Waals surface area contributed by atoms with Crippen molar-refractivity contribution in [3.8, 4) is 17.0 Å². The monoisotopic (exact) mass is 375 g/mol. The van der Waals surface area contributed by atoms with E-state index in [0.717, 1.165) is 27.9 Å². The van der Waals surface area contributed by atoms with Crippen LogP contribution in [-0.2, 0) is 0 Å². The SMILES string of the molecule is CCOc1ccc(-c2cc(C(=O)Nc3nccs3)c3ccccc3n2)cc1. The number of hydrogen-bond donors (Lipinski definition) is 1. The Bertz CT molecular complexity index is 1080. The highest BCUT2D eigenvalue weighted by Crippen LogP contribution is 2.27. The third kappa shape index (κ3) is 3.66. The van der Waals surface area contributed by atoms with Crippen LogP contribution in [0.1, 0.15) is 17.3 Å². The summed E-state index contributed by atoms with van der Waals surface area (Å²) in [5.74, 6) is 0.611. The van der Waals surface area contributed by atoms with Gasteiger partial charge in [-0.05, 0) is 43.3 Å². The number of benzene rings is 2. The highest BCUT2D eigenvalue weighted by atomic mass is 32.1. The molecule has 0 unspecified atom stereocenters. The summed E-state index contributed by atoms with van der Waals surface area (Å²) in [6.45, 7) is 2.57. The first kappa shape index (κ1) is 17.2. The largest absolute Gasteiger partial charge is 0.494 e. The number of rotatable bonds is 5. The molecule has 0 radical (unpaired) electrons. The molecule has 5 nitrogen and oxygen atoms in total. The highest BCUT2D eigenvalue weighted by molar-refractivity contribution is 7.13. The molecule has 0 aliphatic heterocycles. The Balaban J connectivity index is 1.77. The molecule has 2 heterocycles.